The summed E-state index contributed by atoms with van der Waals surface area (Å²) in [6.07, 6.45) is 8.16. The Labute approximate surface area is 259 Å². The molecule has 234 valence electrons. The van der Waals surface area contributed by atoms with Gasteiger partial charge < -0.3 is 19.3 Å². The molecule has 1 saturated carbocycles. The summed E-state index contributed by atoms with van der Waals surface area (Å²) < 4.78 is 32.6. The fourth-order valence-corrected chi connectivity index (χ4v) is 7.25. The average molecular weight is 603 g/mol. The molecule has 6 rings (SSSR count). The first-order valence-corrected chi connectivity index (χ1v) is 15.9. The zero-order chi connectivity index (χ0) is 30.8. The molecule has 2 aromatic carbocycles. The number of carboxylic acids is 1. The summed E-state index contributed by atoms with van der Waals surface area (Å²) in [4.78, 5) is 18.5. The number of hydrogen-bond acceptors (Lipinski definition) is 6. The second kappa shape index (κ2) is 13.2. The molecular formula is C36H43FN2O5. The first-order valence-electron chi connectivity index (χ1n) is 15.9. The number of fused-ring (bicyclic) bond motifs is 1. The van der Waals surface area contributed by atoms with Gasteiger partial charge >= 0.3 is 5.97 Å². The molecular weight excluding hydrogens is 559 g/mol. The lowest BCUT2D eigenvalue weighted by Gasteiger charge is -2.30. The maximum atomic E-state index is 15.2. The molecule has 3 aromatic rings. The van der Waals surface area contributed by atoms with E-state index in [1.165, 1.54) is 13.3 Å². The van der Waals surface area contributed by atoms with E-state index in [0.29, 0.717) is 36.6 Å². The summed E-state index contributed by atoms with van der Waals surface area (Å²) >= 11 is 0. The van der Waals surface area contributed by atoms with Crippen LogP contribution in [-0.2, 0) is 22.5 Å². The number of ether oxygens (including phenoxy) is 3. The Morgan fingerprint density at radius 1 is 1.11 bits per heavy atom. The molecule has 4 atom stereocenters. The van der Waals surface area contributed by atoms with Crippen LogP contribution in [-0.4, -0.2) is 54.4 Å². The molecule has 2 aliphatic heterocycles. The van der Waals surface area contributed by atoms with Gasteiger partial charge in [-0.1, -0.05) is 37.3 Å². The Morgan fingerprint density at radius 2 is 1.95 bits per heavy atom. The van der Waals surface area contributed by atoms with E-state index in [1.54, 1.807) is 13.2 Å². The Morgan fingerprint density at radius 3 is 2.70 bits per heavy atom. The topological polar surface area (TPSA) is 81.1 Å². The molecule has 1 saturated heterocycles. The largest absolute Gasteiger partial charge is 0.485 e. The first-order chi connectivity index (χ1) is 21.4. The van der Waals surface area contributed by atoms with Crippen LogP contribution >= 0.6 is 0 Å². The number of hydrogen-bond donors (Lipinski definition) is 1. The SMILES string of the molecule is COCC[C@H]1CCCN1Cc1cc([C@@H]2CCc3ccc(C(C4CC4)[C@H](C)C(=O)O)cc3O2)ccc1-c1cc(OC)ncc1F. The Hall–Kier alpha value is -3.49. The lowest BCUT2D eigenvalue weighted by Crippen LogP contribution is -2.30. The van der Waals surface area contributed by atoms with Crippen LogP contribution in [0.3, 0.4) is 0 Å². The van der Waals surface area contributed by atoms with Gasteiger partial charge in [-0.2, -0.15) is 0 Å². The van der Waals surface area contributed by atoms with Gasteiger partial charge in [0.15, 0.2) is 0 Å². The average Bonchev–Trinajstić information content (AvgIpc) is 3.77. The van der Waals surface area contributed by atoms with Crippen LogP contribution in [0, 0.1) is 17.7 Å². The molecule has 0 bridgehead atoms. The number of carbonyl (C=O) groups is 1. The zero-order valence-electron chi connectivity index (χ0n) is 25.9. The summed E-state index contributed by atoms with van der Waals surface area (Å²) in [5, 5.41) is 9.78. The minimum absolute atomic E-state index is 0.00794. The summed E-state index contributed by atoms with van der Waals surface area (Å²) in [6, 6.07) is 14.6. The van der Waals surface area contributed by atoms with E-state index in [9.17, 15) is 9.90 Å². The Bertz CT molecular complexity index is 1490. The minimum Gasteiger partial charge on any atom is -0.485 e. The van der Waals surface area contributed by atoms with E-state index in [4.69, 9.17) is 14.2 Å². The molecule has 7 nitrogen and oxygen atoms in total. The van der Waals surface area contributed by atoms with E-state index in [-0.39, 0.29) is 17.8 Å². The van der Waals surface area contributed by atoms with Crippen molar-refractivity contribution in [1.82, 2.24) is 9.88 Å². The van der Waals surface area contributed by atoms with Crippen molar-refractivity contribution >= 4 is 5.97 Å². The molecule has 44 heavy (non-hydrogen) atoms. The van der Waals surface area contributed by atoms with Gasteiger partial charge in [0, 0.05) is 37.9 Å². The van der Waals surface area contributed by atoms with Gasteiger partial charge in [0.05, 0.1) is 19.2 Å². The monoisotopic (exact) mass is 602 g/mol. The number of benzene rings is 2. The second-order valence-electron chi connectivity index (χ2n) is 12.7. The van der Waals surface area contributed by atoms with Crippen molar-refractivity contribution in [3.05, 3.63) is 76.7 Å². The molecule has 3 heterocycles. The van der Waals surface area contributed by atoms with Crippen LogP contribution in [0.2, 0.25) is 0 Å². The molecule has 0 spiro atoms. The van der Waals surface area contributed by atoms with Gasteiger partial charge in [0.1, 0.15) is 17.7 Å². The van der Waals surface area contributed by atoms with Crippen molar-refractivity contribution in [2.24, 2.45) is 11.8 Å². The summed E-state index contributed by atoms with van der Waals surface area (Å²) in [6.45, 7) is 4.23. The number of nitrogens with zero attached hydrogens (tertiary/aromatic N) is 2. The van der Waals surface area contributed by atoms with E-state index < -0.39 is 11.9 Å². The van der Waals surface area contributed by atoms with E-state index in [0.717, 1.165) is 85.1 Å². The highest BCUT2D eigenvalue weighted by molar-refractivity contribution is 5.71. The number of pyridine rings is 1. The highest BCUT2D eigenvalue weighted by Gasteiger charge is 2.39. The van der Waals surface area contributed by atoms with Crippen LogP contribution in [0.5, 0.6) is 11.6 Å². The Balaban J connectivity index is 1.32. The van der Waals surface area contributed by atoms with Crippen molar-refractivity contribution in [1.29, 1.82) is 0 Å². The summed E-state index contributed by atoms with van der Waals surface area (Å²) in [7, 11) is 3.28. The summed E-state index contributed by atoms with van der Waals surface area (Å²) in [5.74, 6) is 0.0493. The van der Waals surface area contributed by atoms with Gasteiger partial charge in [0.25, 0.3) is 0 Å². The van der Waals surface area contributed by atoms with Crippen LogP contribution in [0.25, 0.3) is 11.1 Å². The zero-order valence-corrected chi connectivity index (χ0v) is 25.9. The van der Waals surface area contributed by atoms with E-state index in [2.05, 4.69) is 40.2 Å². The van der Waals surface area contributed by atoms with E-state index in [1.807, 2.05) is 13.0 Å². The molecule has 3 aliphatic rings. The molecule has 1 N–H and O–H groups in total. The smallest absolute Gasteiger partial charge is 0.306 e. The number of aryl methyl sites for hydroxylation is 1. The van der Waals surface area contributed by atoms with Gasteiger partial charge in [0.2, 0.25) is 5.88 Å². The first kappa shape index (κ1) is 30.5. The van der Waals surface area contributed by atoms with Crippen molar-refractivity contribution in [2.75, 3.05) is 27.4 Å². The van der Waals surface area contributed by atoms with Crippen molar-refractivity contribution in [2.45, 2.75) is 76.5 Å². The summed E-state index contributed by atoms with van der Waals surface area (Å²) in [5.41, 5.74) is 5.62. The van der Waals surface area contributed by atoms with Crippen molar-refractivity contribution in [3.63, 3.8) is 0 Å². The number of aromatic nitrogens is 1. The third-order valence-corrected chi connectivity index (χ3v) is 9.84. The molecule has 8 heteroatoms. The number of likely N-dealkylation sites (tertiary alicyclic amines) is 1. The lowest BCUT2D eigenvalue weighted by molar-refractivity contribution is -0.142. The number of methoxy groups -OCH3 is 2. The molecule has 1 aromatic heterocycles. The van der Waals surface area contributed by atoms with Gasteiger partial charge in [-0.05, 0) is 97.2 Å². The predicted molar refractivity (Wildman–Crippen MR) is 167 cm³/mol. The van der Waals surface area contributed by atoms with Gasteiger partial charge in [-0.15, -0.1) is 0 Å². The standard InChI is InChI=1S/C36H43FN2O5/c1-22(36(40)41)35(24-7-8-24)26-9-6-23-11-13-32(44-33(23)18-26)25-10-12-29(30-19-34(43-3)38-20-31(30)37)27(17-25)21-39-15-4-5-28(39)14-16-42-2/h6,9-10,12,17-20,22,24,28,32,35H,4-5,7-8,11,13-16,21H2,1-3H3,(H,40,41)/t22-,28+,32-,35?/m0/s1. The third-order valence-electron chi connectivity index (χ3n) is 9.84. The highest BCUT2D eigenvalue weighted by atomic mass is 19.1. The van der Waals surface area contributed by atoms with Gasteiger partial charge in [-0.3, -0.25) is 9.69 Å². The maximum Gasteiger partial charge on any atom is 0.306 e. The van der Waals surface area contributed by atoms with Crippen LogP contribution in [0.1, 0.15) is 79.7 Å². The molecule has 1 unspecified atom stereocenters. The van der Waals surface area contributed by atoms with E-state index >= 15 is 4.39 Å². The fourth-order valence-electron chi connectivity index (χ4n) is 7.25. The highest BCUT2D eigenvalue weighted by Crippen LogP contribution is 2.48. The Kier molecular flexibility index (Phi) is 9.19. The maximum absolute atomic E-state index is 15.2. The quantitative estimate of drug-likeness (QED) is 0.235. The lowest BCUT2D eigenvalue weighted by atomic mass is 9.82. The number of rotatable bonds is 12. The predicted octanol–water partition coefficient (Wildman–Crippen LogP) is 7.18. The molecule has 1 aliphatic carbocycles. The van der Waals surface area contributed by atoms with Crippen LogP contribution < -0.4 is 9.47 Å². The van der Waals surface area contributed by atoms with Crippen molar-refractivity contribution in [3.8, 4) is 22.8 Å². The molecule has 0 radical (unpaired) electrons. The molecule has 2 fully saturated rings. The van der Waals surface area contributed by atoms with Crippen LogP contribution in [0.4, 0.5) is 4.39 Å². The number of aliphatic carboxylic acids is 1. The minimum atomic E-state index is -0.753. The number of halogens is 1. The van der Waals surface area contributed by atoms with Gasteiger partial charge in [-0.25, -0.2) is 9.37 Å². The third kappa shape index (κ3) is 6.47. The molecule has 0 amide bonds. The van der Waals surface area contributed by atoms with Crippen LogP contribution in [0.15, 0.2) is 48.7 Å². The number of carboxylic acid groups (broad SMARTS) is 1. The normalized spacial score (nSPS) is 21.4. The fraction of sp³-hybridized carbons (Fsp3) is 0.500. The van der Waals surface area contributed by atoms with Crippen molar-refractivity contribution < 1.29 is 28.5 Å². The second-order valence-corrected chi connectivity index (χ2v) is 12.7.